The van der Waals surface area contributed by atoms with Gasteiger partial charge >= 0.3 is 5.69 Å². The van der Waals surface area contributed by atoms with Crippen LogP contribution >= 0.6 is 0 Å². The molecular weight excluding hydrogens is 246 g/mol. The first-order valence-corrected chi connectivity index (χ1v) is 5.96. The summed E-state index contributed by atoms with van der Waals surface area (Å²) in [5, 5.41) is 23.1. The molecule has 1 unspecified atom stereocenters. The predicted octanol–water partition coefficient (Wildman–Crippen LogP) is 2.17. The molecule has 1 aromatic carbocycles. The predicted molar refractivity (Wildman–Crippen MR) is 71.0 cm³/mol. The number of rotatable bonds is 6. The lowest BCUT2D eigenvalue weighted by atomic mass is 10.1. The number of nitro benzene ring substituents is 1. The average Bonchev–Trinajstić information content (AvgIpc) is 2.36. The van der Waals surface area contributed by atoms with Gasteiger partial charge in [0.2, 0.25) is 0 Å². The van der Waals surface area contributed by atoms with Gasteiger partial charge in [0.25, 0.3) is 0 Å². The molecule has 0 amide bonds. The molecule has 0 heterocycles. The minimum atomic E-state index is -0.869. The van der Waals surface area contributed by atoms with Crippen molar-refractivity contribution in [2.75, 3.05) is 13.2 Å². The summed E-state index contributed by atoms with van der Waals surface area (Å²) in [4.78, 5) is 10.5. The van der Waals surface area contributed by atoms with Gasteiger partial charge in [0.15, 0.2) is 5.75 Å². The Balaban J connectivity index is 2.93. The van der Waals surface area contributed by atoms with Crippen LogP contribution in [0.25, 0.3) is 0 Å². The Morgan fingerprint density at radius 1 is 1.58 bits per heavy atom. The van der Waals surface area contributed by atoms with Crippen LogP contribution in [0.2, 0.25) is 0 Å². The van der Waals surface area contributed by atoms with Gasteiger partial charge in [-0.05, 0) is 26.5 Å². The molecule has 0 aliphatic carbocycles. The third-order valence-corrected chi connectivity index (χ3v) is 2.71. The standard InChI is InChI=1S/C13H17N3O3/c1-4-15-13(3,8-14)9-19-11-7-5-6-10(2)12(11)16(17)18/h5-7,15H,4,9H2,1-3H3. The summed E-state index contributed by atoms with van der Waals surface area (Å²) in [6, 6.07) is 6.98. The highest BCUT2D eigenvalue weighted by molar-refractivity contribution is 5.52. The molecule has 0 saturated carbocycles. The van der Waals surface area contributed by atoms with E-state index >= 15 is 0 Å². The van der Waals surface area contributed by atoms with Crippen LogP contribution in [-0.2, 0) is 0 Å². The molecular formula is C13H17N3O3. The summed E-state index contributed by atoms with van der Waals surface area (Å²) in [6.45, 7) is 5.88. The number of nitro groups is 1. The Morgan fingerprint density at radius 2 is 2.26 bits per heavy atom. The first-order valence-electron chi connectivity index (χ1n) is 5.96. The SMILES string of the molecule is CCNC(C)(C#N)COc1cccc(C)c1[N+](=O)[O-]. The molecule has 0 aliphatic heterocycles. The molecule has 0 fully saturated rings. The van der Waals surface area contributed by atoms with Crippen molar-refractivity contribution in [3.05, 3.63) is 33.9 Å². The van der Waals surface area contributed by atoms with Crippen molar-refractivity contribution in [3.63, 3.8) is 0 Å². The van der Waals surface area contributed by atoms with E-state index in [1.807, 2.05) is 6.92 Å². The molecule has 1 atom stereocenters. The second kappa shape index (κ2) is 6.16. The third-order valence-electron chi connectivity index (χ3n) is 2.71. The topological polar surface area (TPSA) is 88.2 Å². The Bertz CT molecular complexity index is 510. The Kier molecular flexibility index (Phi) is 4.84. The average molecular weight is 263 g/mol. The number of nitriles is 1. The van der Waals surface area contributed by atoms with Gasteiger partial charge < -0.3 is 4.74 Å². The van der Waals surface area contributed by atoms with E-state index in [2.05, 4.69) is 11.4 Å². The lowest BCUT2D eigenvalue weighted by molar-refractivity contribution is -0.386. The molecule has 1 aromatic rings. The van der Waals surface area contributed by atoms with Crippen LogP contribution in [-0.4, -0.2) is 23.6 Å². The smallest absolute Gasteiger partial charge is 0.313 e. The van der Waals surface area contributed by atoms with Crippen molar-refractivity contribution in [1.29, 1.82) is 5.26 Å². The summed E-state index contributed by atoms with van der Waals surface area (Å²) in [5.74, 6) is 0.185. The fourth-order valence-electron chi connectivity index (χ4n) is 1.72. The second-order valence-electron chi connectivity index (χ2n) is 4.44. The Labute approximate surface area is 112 Å². The number of likely N-dealkylation sites (N-methyl/N-ethyl adjacent to an activating group) is 1. The van der Waals surface area contributed by atoms with E-state index in [-0.39, 0.29) is 18.0 Å². The molecule has 19 heavy (non-hydrogen) atoms. The van der Waals surface area contributed by atoms with Crippen molar-refractivity contribution in [1.82, 2.24) is 5.32 Å². The van der Waals surface area contributed by atoms with E-state index in [9.17, 15) is 10.1 Å². The molecule has 0 aromatic heterocycles. The van der Waals surface area contributed by atoms with E-state index in [0.717, 1.165) is 0 Å². The van der Waals surface area contributed by atoms with Crippen molar-refractivity contribution < 1.29 is 9.66 Å². The number of nitrogens with zero attached hydrogens (tertiary/aromatic N) is 2. The van der Waals surface area contributed by atoms with Crippen LogP contribution in [0.5, 0.6) is 5.75 Å². The van der Waals surface area contributed by atoms with Gasteiger partial charge in [-0.2, -0.15) is 5.26 Å². The monoisotopic (exact) mass is 263 g/mol. The second-order valence-corrected chi connectivity index (χ2v) is 4.44. The van der Waals surface area contributed by atoms with Gasteiger partial charge in [-0.3, -0.25) is 15.4 Å². The molecule has 1 N–H and O–H groups in total. The van der Waals surface area contributed by atoms with Gasteiger partial charge in [-0.15, -0.1) is 0 Å². The van der Waals surface area contributed by atoms with Crippen LogP contribution in [0.3, 0.4) is 0 Å². The van der Waals surface area contributed by atoms with Crippen molar-refractivity contribution >= 4 is 5.69 Å². The van der Waals surface area contributed by atoms with Gasteiger partial charge in [0, 0.05) is 5.56 Å². The number of aryl methyl sites for hydroxylation is 1. The quantitative estimate of drug-likeness (QED) is 0.627. The molecule has 0 aliphatic rings. The Hall–Kier alpha value is -2.13. The number of ether oxygens (including phenoxy) is 1. The number of nitrogens with one attached hydrogen (secondary N) is 1. The highest BCUT2D eigenvalue weighted by Gasteiger charge is 2.26. The molecule has 1 rings (SSSR count). The van der Waals surface area contributed by atoms with E-state index in [1.54, 1.807) is 26.0 Å². The van der Waals surface area contributed by atoms with Gasteiger partial charge in [0.1, 0.15) is 12.1 Å². The summed E-state index contributed by atoms with van der Waals surface area (Å²) in [6.07, 6.45) is 0. The van der Waals surface area contributed by atoms with Crippen molar-refractivity contribution in [2.24, 2.45) is 0 Å². The minimum absolute atomic E-state index is 0.0433. The molecule has 102 valence electrons. The fourth-order valence-corrected chi connectivity index (χ4v) is 1.72. The molecule has 6 heteroatoms. The first-order chi connectivity index (χ1) is 8.93. The number of hydrogen-bond donors (Lipinski definition) is 1. The maximum absolute atomic E-state index is 11.0. The first kappa shape index (κ1) is 14.9. The van der Waals surface area contributed by atoms with Gasteiger partial charge in [-0.25, -0.2) is 0 Å². The van der Waals surface area contributed by atoms with Crippen LogP contribution in [0.1, 0.15) is 19.4 Å². The van der Waals surface area contributed by atoms with Crippen LogP contribution < -0.4 is 10.1 Å². The summed E-state index contributed by atoms with van der Waals surface area (Å²) in [7, 11) is 0. The molecule has 0 spiro atoms. The number of hydrogen-bond acceptors (Lipinski definition) is 5. The summed E-state index contributed by atoms with van der Waals surface area (Å²) in [5.41, 5.74) is -0.393. The highest BCUT2D eigenvalue weighted by atomic mass is 16.6. The van der Waals surface area contributed by atoms with E-state index in [4.69, 9.17) is 10.00 Å². The maximum atomic E-state index is 11.0. The van der Waals surface area contributed by atoms with Gasteiger partial charge in [-0.1, -0.05) is 19.1 Å². The van der Waals surface area contributed by atoms with E-state index < -0.39 is 10.5 Å². The lowest BCUT2D eigenvalue weighted by Crippen LogP contribution is -2.46. The van der Waals surface area contributed by atoms with Crippen LogP contribution in [0.15, 0.2) is 18.2 Å². The molecule has 0 bridgehead atoms. The van der Waals surface area contributed by atoms with Crippen LogP contribution in [0, 0.1) is 28.4 Å². The largest absolute Gasteiger partial charge is 0.484 e. The zero-order chi connectivity index (χ0) is 14.5. The van der Waals surface area contributed by atoms with Gasteiger partial charge in [0.05, 0.1) is 11.0 Å². The normalized spacial score (nSPS) is 13.4. The van der Waals surface area contributed by atoms with E-state index in [0.29, 0.717) is 12.1 Å². The third kappa shape index (κ3) is 3.66. The summed E-state index contributed by atoms with van der Waals surface area (Å²) < 4.78 is 5.46. The minimum Gasteiger partial charge on any atom is -0.484 e. The molecule has 0 radical (unpaired) electrons. The van der Waals surface area contributed by atoms with Crippen LogP contribution in [0.4, 0.5) is 5.69 Å². The van der Waals surface area contributed by atoms with Crippen molar-refractivity contribution in [2.45, 2.75) is 26.3 Å². The van der Waals surface area contributed by atoms with Crippen molar-refractivity contribution in [3.8, 4) is 11.8 Å². The number of para-hydroxylation sites is 1. The highest BCUT2D eigenvalue weighted by Crippen LogP contribution is 2.30. The zero-order valence-electron chi connectivity index (χ0n) is 11.3. The lowest BCUT2D eigenvalue weighted by Gasteiger charge is -2.22. The summed E-state index contributed by atoms with van der Waals surface area (Å²) >= 11 is 0. The maximum Gasteiger partial charge on any atom is 0.313 e. The number of benzene rings is 1. The fraction of sp³-hybridized carbons (Fsp3) is 0.462. The Morgan fingerprint density at radius 3 is 2.79 bits per heavy atom. The molecule has 0 saturated heterocycles. The van der Waals surface area contributed by atoms with E-state index in [1.165, 1.54) is 6.07 Å². The molecule has 6 nitrogen and oxygen atoms in total. The zero-order valence-corrected chi connectivity index (χ0v) is 11.3.